The molecule has 0 radical (unpaired) electrons. The Morgan fingerprint density at radius 2 is 2.26 bits per heavy atom. The number of urea groups is 1. The summed E-state index contributed by atoms with van der Waals surface area (Å²) in [5.41, 5.74) is 0.542. The summed E-state index contributed by atoms with van der Waals surface area (Å²) < 4.78 is 0. The Kier molecular flexibility index (Phi) is 4.24. The summed E-state index contributed by atoms with van der Waals surface area (Å²) in [7, 11) is 0. The summed E-state index contributed by atoms with van der Waals surface area (Å²) in [6.45, 7) is 1.18. The lowest BCUT2D eigenvalue weighted by atomic mass is 10.2. The normalized spacial score (nSPS) is 19.0. The molecule has 1 aliphatic heterocycles. The number of piperazine rings is 1. The van der Waals surface area contributed by atoms with Gasteiger partial charge in [0.05, 0.1) is 0 Å². The average Bonchev–Trinajstić information content (AvgIpc) is 2.38. The topological polar surface area (TPSA) is 81.7 Å². The minimum absolute atomic E-state index is 0.248. The molecule has 1 atom stereocenters. The summed E-state index contributed by atoms with van der Waals surface area (Å²) in [6, 6.07) is 5.43. The monoisotopic (exact) mass is 283 g/mol. The van der Waals surface area contributed by atoms with Crippen molar-refractivity contribution in [3.63, 3.8) is 0 Å². The van der Waals surface area contributed by atoms with E-state index in [-0.39, 0.29) is 6.54 Å². The third-order valence-electron chi connectivity index (χ3n) is 2.87. The first-order chi connectivity index (χ1) is 9.08. The van der Waals surface area contributed by atoms with Gasteiger partial charge in [-0.05, 0) is 18.2 Å². The van der Waals surface area contributed by atoms with Crippen LogP contribution in [0.2, 0.25) is 5.02 Å². The molecule has 1 aromatic rings. The van der Waals surface area contributed by atoms with Crippen LogP contribution in [0.25, 0.3) is 0 Å². The lowest BCUT2D eigenvalue weighted by molar-refractivity contribution is -0.142. The largest absolute Gasteiger partial charge is 0.480 e. The smallest absolute Gasteiger partial charge is 0.327 e. The molecule has 1 aliphatic rings. The van der Waals surface area contributed by atoms with Crippen LogP contribution in [0.15, 0.2) is 24.3 Å². The third kappa shape index (κ3) is 3.36. The molecule has 0 aromatic heterocycles. The molecule has 1 heterocycles. The Balaban J connectivity index is 2.07. The number of nitrogens with one attached hydrogen (secondary N) is 2. The van der Waals surface area contributed by atoms with Gasteiger partial charge in [-0.3, -0.25) is 0 Å². The molecular formula is C12H14ClN3O3. The van der Waals surface area contributed by atoms with Crippen molar-refractivity contribution in [2.45, 2.75) is 6.04 Å². The highest BCUT2D eigenvalue weighted by atomic mass is 35.5. The van der Waals surface area contributed by atoms with Crippen LogP contribution >= 0.6 is 11.6 Å². The van der Waals surface area contributed by atoms with Gasteiger partial charge in [0.2, 0.25) is 0 Å². The number of halogens is 1. The highest BCUT2D eigenvalue weighted by molar-refractivity contribution is 6.30. The predicted octanol–water partition coefficient (Wildman–Crippen LogP) is 1.23. The van der Waals surface area contributed by atoms with Crippen LogP contribution in [-0.4, -0.2) is 47.7 Å². The number of carboxylic acid groups (broad SMARTS) is 1. The summed E-state index contributed by atoms with van der Waals surface area (Å²) in [5, 5.41) is 15.2. The molecular weight excluding hydrogens is 270 g/mol. The van der Waals surface area contributed by atoms with Gasteiger partial charge in [-0.25, -0.2) is 9.59 Å². The van der Waals surface area contributed by atoms with E-state index in [0.717, 1.165) is 0 Å². The lowest BCUT2D eigenvalue weighted by Crippen LogP contribution is -2.58. The van der Waals surface area contributed by atoms with E-state index in [9.17, 15) is 9.59 Å². The Labute approximate surface area is 115 Å². The maximum absolute atomic E-state index is 12.1. The molecule has 0 bridgehead atoms. The fourth-order valence-corrected chi connectivity index (χ4v) is 2.12. The number of rotatable bonds is 2. The number of amides is 2. The van der Waals surface area contributed by atoms with Gasteiger partial charge in [-0.1, -0.05) is 17.7 Å². The van der Waals surface area contributed by atoms with Crippen molar-refractivity contribution in [2.24, 2.45) is 0 Å². The SMILES string of the molecule is O=C(O)C1CNCCN1C(=O)Nc1cccc(Cl)c1. The zero-order valence-electron chi connectivity index (χ0n) is 10.1. The minimum atomic E-state index is -1.02. The number of nitrogens with zero attached hydrogens (tertiary/aromatic N) is 1. The fourth-order valence-electron chi connectivity index (χ4n) is 1.93. The van der Waals surface area contributed by atoms with E-state index >= 15 is 0 Å². The molecule has 0 aliphatic carbocycles. The van der Waals surface area contributed by atoms with Gasteiger partial charge in [0.1, 0.15) is 6.04 Å². The summed E-state index contributed by atoms with van der Waals surface area (Å²) in [6.07, 6.45) is 0. The number of carbonyl (C=O) groups excluding carboxylic acids is 1. The Morgan fingerprint density at radius 1 is 1.47 bits per heavy atom. The van der Waals surface area contributed by atoms with E-state index in [4.69, 9.17) is 16.7 Å². The zero-order valence-corrected chi connectivity index (χ0v) is 10.9. The molecule has 102 valence electrons. The Hall–Kier alpha value is -1.79. The van der Waals surface area contributed by atoms with Gasteiger partial charge in [0, 0.05) is 30.3 Å². The molecule has 19 heavy (non-hydrogen) atoms. The number of aliphatic carboxylic acids is 1. The quantitative estimate of drug-likeness (QED) is 0.762. The van der Waals surface area contributed by atoms with Crippen LogP contribution in [0.4, 0.5) is 10.5 Å². The predicted molar refractivity (Wildman–Crippen MR) is 71.5 cm³/mol. The fraction of sp³-hybridized carbons (Fsp3) is 0.333. The summed E-state index contributed by atoms with van der Waals surface area (Å²) in [5.74, 6) is -1.02. The molecule has 1 unspecified atom stereocenters. The second kappa shape index (κ2) is 5.90. The van der Waals surface area contributed by atoms with Crippen molar-refractivity contribution < 1.29 is 14.7 Å². The van der Waals surface area contributed by atoms with E-state index < -0.39 is 18.0 Å². The van der Waals surface area contributed by atoms with E-state index in [1.165, 1.54) is 4.90 Å². The van der Waals surface area contributed by atoms with Crippen LogP contribution in [0, 0.1) is 0 Å². The molecule has 2 amide bonds. The Bertz CT molecular complexity index is 495. The number of carboxylic acids is 1. The standard InChI is InChI=1S/C12H14ClN3O3/c13-8-2-1-3-9(6-8)15-12(19)16-5-4-14-7-10(16)11(17)18/h1-3,6,10,14H,4-5,7H2,(H,15,19)(H,17,18). The number of hydrogen-bond donors (Lipinski definition) is 3. The van der Waals surface area contributed by atoms with Crippen molar-refractivity contribution in [3.05, 3.63) is 29.3 Å². The maximum atomic E-state index is 12.1. The number of hydrogen-bond acceptors (Lipinski definition) is 3. The van der Waals surface area contributed by atoms with Crippen LogP contribution in [0.5, 0.6) is 0 Å². The van der Waals surface area contributed by atoms with E-state index in [2.05, 4.69) is 10.6 Å². The molecule has 0 spiro atoms. The molecule has 1 fully saturated rings. The molecule has 1 aromatic carbocycles. The molecule has 1 saturated heterocycles. The van der Waals surface area contributed by atoms with Crippen LogP contribution < -0.4 is 10.6 Å². The Morgan fingerprint density at radius 3 is 2.95 bits per heavy atom. The van der Waals surface area contributed by atoms with Crippen molar-refractivity contribution in [1.82, 2.24) is 10.2 Å². The van der Waals surface area contributed by atoms with Gasteiger partial charge in [0.25, 0.3) is 0 Å². The first kappa shape index (κ1) is 13.6. The second-order valence-electron chi connectivity index (χ2n) is 4.19. The summed E-state index contributed by atoms with van der Waals surface area (Å²) >= 11 is 5.82. The zero-order chi connectivity index (χ0) is 13.8. The van der Waals surface area contributed by atoms with Crippen molar-refractivity contribution in [1.29, 1.82) is 0 Å². The molecule has 7 heteroatoms. The minimum Gasteiger partial charge on any atom is -0.480 e. The van der Waals surface area contributed by atoms with Gasteiger partial charge in [-0.2, -0.15) is 0 Å². The van der Waals surface area contributed by atoms with Crippen molar-refractivity contribution in [2.75, 3.05) is 25.0 Å². The van der Waals surface area contributed by atoms with Gasteiger partial charge >= 0.3 is 12.0 Å². The third-order valence-corrected chi connectivity index (χ3v) is 3.10. The van der Waals surface area contributed by atoms with Gasteiger partial charge in [-0.15, -0.1) is 0 Å². The number of carbonyl (C=O) groups is 2. The van der Waals surface area contributed by atoms with Crippen molar-refractivity contribution in [3.8, 4) is 0 Å². The highest BCUT2D eigenvalue weighted by Crippen LogP contribution is 2.16. The molecule has 6 nitrogen and oxygen atoms in total. The summed E-state index contributed by atoms with van der Waals surface area (Å²) in [4.78, 5) is 24.5. The van der Waals surface area contributed by atoms with E-state index in [1.54, 1.807) is 24.3 Å². The first-order valence-corrected chi connectivity index (χ1v) is 6.22. The first-order valence-electron chi connectivity index (χ1n) is 5.84. The van der Waals surface area contributed by atoms with Gasteiger partial charge in [0.15, 0.2) is 0 Å². The number of benzene rings is 1. The van der Waals surface area contributed by atoms with Crippen LogP contribution in [-0.2, 0) is 4.79 Å². The average molecular weight is 284 g/mol. The number of anilines is 1. The maximum Gasteiger partial charge on any atom is 0.327 e. The molecule has 2 rings (SSSR count). The lowest BCUT2D eigenvalue weighted by Gasteiger charge is -2.33. The van der Waals surface area contributed by atoms with Crippen molar-refractivity contribution >= 4 is 29.3 Å². The molecule has 0 saturated carbocycles. The highest BCUT2D eigenvalue weighted by Gasteiger charge is 2.31. The van der Waals surface area contributed by atoms with Crippen LogP contribution in [0.3, 0.4) is 0 Å². The van der Waals surface area contributed by atoms with E-state index in [0.29, 0.717) is 23.8 Å². The second-order valence-corrected chi connectivity index (χ2v) is 4.63. The van der Waals surface area contributed by atoms with Crippen LogP contribution in [0.1, 0.15) is 0 Å². The van der Waals surface area contributed by atoms with Gasteiger partial charge < -0.3 is 20.6 Å². The van der Waals surface area contributed by atoms with E-state index in [1.807, 2.05) is 0 Å². The molecule has 3 N–H and O–H groups in total.